The molecule has 0 bridgehead atoms. The molecule has 0 saturated carbocycles. The summed E-state index contributed by atoms with van der Waals surface area (Å²) in [6, 6.07) is 0. The molecule has 1 unspecified atom stereocenters. The minimum atomic E-state index is -0.512. The third-order valence-electron chi connectivity index (χ3n) is 4.66. The maximum atomic E-state index is 9.98. The lowest BCUT2D eigenvalue weighted by atomic mass is 9.72. The van der Waals surface area contributed by atoms with Gasteiger partial charge >= 0.3 is 0 Å². The van der Waals surface area contributed by atoms with Crippen LogP contribution in [0.4, 0.5) is 0 Å². The Morgan fingerprint density at radius 1 is 1.27 bits per heavy atom. The van der Waals surface area contributed by atoms with Crippen LogP contribution in [0.25, 0.3) is 0 Å². The third kappa shape index (κ3) is 5.58. The van der Waals surface area contributed by atoms with Gasteiger partial charge in [-0.25, -0.2) is 0 Å². The minimum absolute atomic E-state index is 0.0198. The van der Waals surface area contributed by atoms with E-state index in [1.54, 1.807) is 6.08 Å². The van der Waals surface area contributed by atoms with Gasteiger partial charge in [-0.3, -0.25) is 0 Å². The zero-order valence-corrected chi connectivity index (χ0v) is 14.8. The van der Waals surface area contributed by atoms with Crippen LogP contribution in [-0.2, 0) is 0 Å². The lowest BCUT2D eigenvalue weighted by Gasteiger charge is -2.32. The Bertz CT molecular complexity index is 490. The first-order valence-corrected chi connectivity index (χ1v) is 8.28. The van der Waals surface area contributed by atoms with Gasteiger partial charge in [-0.05, 0) is 63.0 Å². The SMILES string of the molecule is CC1=C(/C=C/C(C)=C/CC(O)/C(C)=C/CO)C(C)(C)CCC1. The Morgan fingerprint density at radius 2 is 1.95 bits per heavy atom. The fourth-order valence-electron chi connectivity index (χ4n) is 3.06. The monoisotopic (exact) mass is 304 g/mol. The molecule has 1 atom stereocenters. The lowest BCUT2D eigenvalue weighted by Crippen LogP contribution is -2.19. The molecular weight excluding hydrogens is 272 g/mol. The van der Waals surface area contributed by atoms with E-state index in [4.69, 9.17) is 5.11 Å². The van der Waals surface area contributed by atoms with Gasteiger partial charge in [-0.2, -0.15) is 0 Å². The molecule has 0 saturated heterocycles. The Labute approximate surface area is 135 Å². The van der Waals surface area contributed by atoms with Crippen LogP contribution in [0.3, 0.4) is 0 Å². The average Bonchev–Trinajstić information content (AvgIpc) is 2.43. The van der Waals surface area contributed by atoms with Gasteiger partial charge in [0.1, 0.15) is 0 Å². The first-order valence-electron chi connectivity index (χ1n) is 8.28. The smallest absolute Gasteiger partial charge is 0.0782 e. The highest BCUT2D eigenvalue weighted by molar-refractivity contribution is 5.36. The standard InChI is InChI=1S/C20H32O2/c1-15(9-11-19(22)17(3)12-14-21)8-10-18-16(2)7-6-13-20(18,4)5/h8-10,12,19,21-22H,6-7,11,13-14H2,1-5H3/b10-8+,15-9+,17-12+. The zero-order valence-electron chi connectivity index (χ0n) is 14.8. The van der Waals surface area contributed by atoms with E-state index in [9.17, 15) is 5.11 Å². The molecule has 0 aromatic rings. The fourth-order valence-corrected chi connectivity index (χ4v) is 3.06. The van der Waals surface area contributed by atoms with Gasteiger partial charge in [0, 0.05) is 0 Å². The van der Waals surface area contributed by atoms with Gasteiger partial charge in [-0.1, -0.05) is 49.3 Å². The molecule has 0 aromatic carbocycles. The Hall–Kier alpha value is -1.12. The molecule has 124 valence electrons. The predicted octanol–water partition coefficient (Wildman–Crippen LogP) is 4.71. The van der Waals surface area contributed by atoms with Crippen molar-refractivity contribution in [1.82, 2.24) is 0 Å². The van der Waals surface area contributed by atoms with Crippen molar-refractivity contribution in [2.45, 2.75) is 66.4 Å². The van der Waals surface area contributed by atoms with Crippen molar-refractivity contribution in [3.8, 4) is 0 Å². The Morgan fingerprint density at radius 3 is 2.55 bits per heavy atom. The van der Waals surface area contributed by atoms with Crippen LogP contribution in [0, 0.1) is 5.41 Å². The van der Waals surface area contributed by atoms with E-state index in [2.05, 4.69) is 45.9 Å². The average molecular weight is 304 g/mol. The first-order chi connectivity index (χ1) is 10.3. The van der Waals surface area contributed by atoms with E-state index in [1.165, 1.54) is 30.4 Å². The second-order valence-electron chi connectivity index (χ2n) is 7.10. The number of hydrogen-bond donors (Lipinski definition) is 2. The van der Waals surface area contributed by atoms with Crippen molar-refractivity contribution in [1.29, 1.82) is 0 Å². The van der Waals surface area contributed by atoms with Gasteiger partial charge in [0.25, 0.3) is 0 Å². The Balaban J connectivity index is 2.73. The summed E-state index contributed by atoms with van der Waals surface area (Å²) in [6.45, 7) is 10.8. The topological polar surface area (TPSA) is 40.5 Å². The molecule has 0 amide bonds. The van der Waals surface area contributed by atoms with Gasteiger partial charge in [-0.15, -0.1) is 0 Å². The van der Waals surface area contributed by atoms with E-state index in [0.717, 1.165) is 11.1 Å². The molecular formula is C20H32O2. The molecule has 2 nitrogen and oxygen atoms in total. The van der Waals surface area contributed by atoms with Crippen LogP contribution >= 0.6 is 0 Å². The highest BCUT2D eigenvalue weighted by Crippen LogP contribution is 2.40. The van der Waals surface area contributed by atoms with Crippen molar-refractivity contribution in [2.75, 3.05) is 6.61 Å². The van der Waals surface area contributed by atoms with Crippen molar-refractivity contribution >= 4 is 0 Å². The van der Waals surface area contributed by atoms with E-state index in [0.29, 0.717) is 6.42 Å². The summed E-state index contributed by atoms with van der Waals surface area (Å²) in [5.74, 6) is 0. The summed E-state index contributed by atoms with van der Waals surface area (Å²) in [6.07, 6.45) is 11.9. The second kappa shape index (κ2) is 8.50. The van der Waals surface area contributed by atoms with Crippen molar-refractivity contribution in [3.63, 3.8) is 0 Å². The highest BCUT2D eigenvalue weighted by atomic mass is 16.3. The summed E-state index contributed by atoms with van der Waals surface area (Å²) in [7, 11) is 0. The van der Waals surface area contributed by atoms with E-state index >= 15 is 0 Å². The van der Waals surface area contributed by atoms with Crippen LogP contribution in [0.15, 0.2) is 46.6 Å². The maximum Gasteiger partial charge on any atom is 0.0782 e. The lowest BCUT2D eigenvalue weighted by molar-refractivity contribution is 0.212. The summed E-state index contributed by atoms with van der Waals surface area (Å²) in [5, 5.41) is 18.8. The highest BCUT2D eigenvalue weighted by Gasteiger charge is 2.26. The number of aliphatic hydroxyl groups is 2. The van der Waals surface area contributed by atoms with E-state index in [-0.39, 0.29) is 12.0 Å². The predicted molar refractivity (Wildman–Crippen MR) is 94.7 cm³/mol. The molecule has 1 rings (SSSR count). The summed E-state index contributed by atoms with van der Waals surface area (Å²) >= 11 is 0. The van der Waals surface area contributed by atoms with Gasteiger partial charge < -0.3 is 10.2 Å². The Kier molecular flexibility index (Phi) is 7.31. The number of allylic oxidation sites excluding steroid dienone is 5. The van der Waals surface area contributed by atoms with E-state index in [1.807, 2.05) is 6.92 Å². The summed E-state index contributed by atoms with van der Waals surface area (Å²) in [4.78, 5) is 0. The quantitative estimate of drug-likeness (QED) is 0.551. The minimum Gasteiger partial charge on any atom is -0.392 e. The van der Waals surface area contributed by atoms with Crippen molar-refractivity contribution in [3.05, 3.63) is 46.6 Å². The maximum absolute atomic E-state index is 9.98. The fraction of sp³-hybridized carbons (Fsp3) is 0.600. The van der Waals surface area contributed by atoms with E-state index < -0.39 is 6.10 Å². The molecule has 1 aliphatic carbocycles. The number of hydrogen-bond acceptors (Lipinski definition) is 2. The molecule has 0 aliphatic heterocycles. The normalized spacial score (nSPS) is 21.6. The number of rotatable bonds is 6. The van der Waals surface area contributed by atoms with Crippen molar-refractivity contribution in [2.24, 2.45) is 5.41 Å². The van der Waals surface area contributed by atoms with Gasteiger partial charge in [0.15, 0.2) is 0 Å². The van der Waals surface area contributed by atoms with Crippen LogP contribution in [0.1, 0.15) is 60.3 Å². The molecule has 22 heavy (non-hydrogen) atoms. The molecule has 0 aromatic heterocycles. The molecule has 0 heterocycles. The third-order valence-corrected chi connectivity index (χ3v) is 4.66. The van der Waals surface area contributed by atoms with Crippen LogP contribution in [0.2, 0.25) is 0 Å². The first kappa shape index (κ1) is 18.9. The zero-order chi connectivity index (χ0) is 16.8. The molecule has 0 radical (unpaired) electrons. The van der Waals surface area contributed by atoms with Crippen molar-refractivity contribution < 1.29 is 10.2 Å². The van der Waals surface area contributed by atoms with Gasteiger partial charge in [0.05, 0.1) is 12.7 Å². The van der Waals surface area contributed by atoms with Crippen LogP contribution in [-0.4, -0.2) is 22.9 Å². The number of aliphatic hydroxyl groups excluding tert-OH is 2. The van der Waals surface area contributed by atoms with Crippen LogP contribution in [0.5, 0.6) is 0 Å². The summed E-state index contributed by atoms with van der Waals surface area (Å²) in [5.41, 5.74) is 5.21. The molecule has 0 fully saturated rings. The molecule has 0 spiro atoms. The molecule has 1 aliphatic rings. The van der Waals surface area contributed by atoms with Crippen LogP contribution < -0.4 is 0 Å². The molecule has 2 N–H and O–H groups in total. The summed E-state index contributed by atoms with van der Waals surface area (Å²) < 4.78 is 0. The van der Waals surface area contributed by atoms with Gasteiger partial charge in [0.2, 0.25) is 0 Å². The largest absolute Gasteiger partial charge is 0.392 e. The molecule has 2 heteroatoms. The second-order valence-corrected chi connectivity index (χ2v) is 7.10.